The minimum atomic E-state index is -1.08. The maximum absolute atomic E-state index is 13.6. The lowest BCUT2D eigenvalue weighted by molar-refractivity contribution is -0.143. The third-order valence-corrected chi connectivity index (χ3v) is 7.49. The molecule has 0 radical (unpaired) electrons. The van der Waals surface area contributed by atoms with Gasteiger partial charge in [0.2, 0.25) is 5.91 Å². The predicted molar refractivity (Wildman–Crippen MR) is 119 cm³/mol. The molecule has 1 aromatic carbocycles. The summed E-state index contributed by atoms with van der Waals surface area (Å²) in [7, 11) is 0. The van der Waals surface area contributed by atoms with Gasteiger partial charge in [-0.1, -0.05) is 75.8 Å². The third kappa shape index (κ3) is 4.21. The lowest BCUT2D eigenvalue weighted by atomic mass is 9.87. The number of imide groups is 1. The van der Waals surface area contributed by atoms with Crippen LogP contribution >= 0.6 is 0 Å². The van der Waals surface area contributed by atoms with E-state index in [0.717, 1.165) is 61.8 Å². The number of amides is 4. The second kappa shape index (κ2) is 9.41. The Kier molecular flexibility index (Phi) is 6.63. The highest BCUT2D eigenvalue weighted by Crippen LogP contribution is 2.34. The topological polar surface area (TPSA) is 69.7 Å². The second-order valence-corrected chi connectivity index (χ2v) is 9.33. The van der Waals surface area contributed by atoms with Crippen molar-refractivity contribution in [2.75, 3.05) is 6.54 Å². The fraction of sp³-hybridized carbons (Fsp3) is 0.640. The molecule has 4 rings (SSSR count). The number of benzene rings is 1. The number of urea groups is 1. The van der Waals surface area contributed by atoms with E-state index >= 15 is 0 Å². The Labute approximate surface area is 185 Å². The first-order valence-electron chi connectivity index (χ1n) is 12.1. The summed E-state index contributed by atoms with van der Waals surface area (Å²) in [4.78, 5) is 43.1. The number of nitrogens with one attached hydrogen (secondary N) is 1. The van der Waals surface area contributed by atoms with Crippen LogP contribution in [0.25, 0.3) is 0 Å². The Hall–Kier alpha value is -2.37. The Morgan fingerprint density at radius 1 is 0.968 bits per heavy atom. The summed E-state index contributed by atoms with van der Waals surface area (Å²) < 4.78 is 0. The number of hydrogen-bond donors (Lipinski definition) is 1. The molecule has 1 saturated heterocycles. The summed E-state index contributed by atoms with van der Waals surface area (Å²) in [5, 5.41) is 2.90. The Balaban J connectivity index is 1.55. The molecule has 168 valence electrons. The van der Waals surface area contributed by atoms with Gasteiger partial charge in [-0.05, 0) is 37.7 Å². The van der Waals surface area contributed by atoms with Crippen molar-refractivity contribution in [2.45, 2.75) is 95.2 Å². The van der Waals surface area contributed by atoms with Crippen LogP contribution in [0.5, 0.6) is 0 Å². The van der Waals surface area contributed by atoms with Crippen LogP contribution in [0.4, 0.5) is 4.79 Å². The largest absolute Gasteiger partial charge is 0.335 e. The number of rotatable bonds is 6. The molecule has 1 atom stereocenters. The quantitative estimate of drug-likeness (QED) is 0.690. The molecule has 1 unspecified atom stereocenters. The van der Waals surface area contributed by atoms with Gasteiger partial charge >= 0.3 is 6.03 Å². The van der Waals surface area contributed by atoms with Crippen molar-refractivity contribution in [2.24, 2.45) is 0 Å². The van der Waals surface area contributed by atoms with Crippen LogP contribution < -0.4 is 5.32 Å². The zero-order chi connectivity index (χ0) is 21.8. The molecule has 3 aliphatic rings. The fourth-order valence-corrected chi connectivity index (χ4v) is 5.77. The first-order valence-corrected chi connectivity index (χ1v) is 12.1. The average Bonchev–Trinajstić information content (AvgIpc) is 3.06. The lowest BCUT2D eigenvalue weighted by Gasteiger charge is -2.42. The maximum Gasteiger partial charge on any atom is 0.325 e. The van der Waals surface area contributed by atoms with Crippen LogP contribution in [0.1, 0.15) is 83.1 Å². The predicted octanol–water partition coefficient (Wildman–Crippen LogP) is 4.34. The van der Waals surface area contributed by atoms with Crippen molar-refractivity contribution >= 4 is 17.8 Å². The molecule has 1 aliphatic heterocycles. The van der Waals surface area contributed by atoms with Gasteiger partial charge in [0.15, 0.2) is 0 Å². The summed E-state index contributed by atoms with van der Waals surface area (Å²) in [6.07, 6.45) is 11.6. The summed E-state index contributed by atoms with van der Waals surface area (Å²) >= 11 is 0. The monoisotopic (exact) mass is 425 g/mol. The van der Waals surface area contributed by atoms with Gasteiger partial charge in [0.05, 0.1) is 0 Å². The minimum absolute atomic E-state index is 0.0673. The molecule has 0 aromatic heterocycles. The van der Waals surface area contributed by atoms with E-state index in [1.54, 1.807) is 0 Å². The molecule has 0 spiro atoms. The molecule has 2 saturated carbocycles. The number of carbonyl (C=O) groups is 3. The van der Waals surface area contributed by atoms with Crippen molar-refractivity contribution in [3.8, 4) is 0 Å². The van der Waals surface area contributed by atoms with Crippen LogP contribution in [-0.2, 0) is 15.1 Å². The van der Waals surface area contributed by atoms with Gasteiger partial charge in [0.25, 0.3) is 5.91 Å². The molecular weight excluding hydrogens is 390 g/mol. The molecule has 2 aliphatic carbocycles. The van der Waals surface area contributed by atoms with Gasteiger partial charge in [0, 0.05) is 12.1 Å². The van der Waals surface area contributed by atoms with Crippen LogP contribution in [0.2, 0.25) is 0 Å². The first-order chi connectivity index (χ1) is 15.1. The normalized spacial score (nSPS) is 25.5. The van der Waals surface area contributed by atoms with E-state index in [-0.39, 0.29) is 30.4 Å². The van der Waals surface area contributed by atoms with Crippen LogP contribution in [0.15, 0.2) is 30.3 Å². The van der Waals surface area contributed by atoms with Crippen molar-refractivity contribution < 1.29 is 14.4 Å². The summed E-state index contributed by atoms with van der Waals surface area (Å²) in [5.41, 5.74) is -0.318. The second-order valence-electron chi connectivity index (χ2n) is 9.33. The van der Waals surface area contributed by atoms with Gasteiger partial charge in [-0.15, -0.1) is 0 Å². The van der Waals surface area contributed by atoms with Gasteiger partial charge in [-0.2, -0.15) is 0 Å². The number of carbonyl (C=O) groups excluding carboxylic acids is 3. The third-order valence-electron chi connectivity index (χ3n) is 7.49. The highest BCUT2D eigenvalue weighted by Gasteiger charge is 2.52. The smallest absolute Gasteiger partial charge is 0.325 e. The van der Waals surface area contributed by atoms with Crippen molar-refractivity contribution in [1.29, 1.82) is 0 Å². The highest BCUT2D eigenvalue weighted by atomic mass is 16.2. The van der Waals surface area contributed by atoms with Gasteiger partial charge in [-0.3, -0.25) is 14.5 Å². The lowest BCUT2D eigenvalue weighted by Crippen LogP contribution is -2.53. The molecule has 6 heteroatoms. The first kappa shape index (κ1) is 21.8. The average molecular weight is 426 g/mol. The van der Waals surface area contributed by atoms with Crippen molar-refractivity contribution in [3.63, 3.8) is 0 Å². The van der Waals surface area contributed by atoms with E-state index in [4.69, 9.17) is 0 Å². The van der Waals surface area contributed by atoms with Crippen LogP contribution in [-0.4, -0.2) is 46.3 Å². The van der Waals surface area contributed by atoms with Gasteiger partial charge in [-0.25, -0.2) is 4.79 Å². The minimum Gasteiger partial charge on any atom is -0.335 e. The summed E-state index contributed by atoms with van der Waals surface area (Å²) in [6, 6.07) is 9.39. The van der Waals surface area contributed by atoms with Crippen molar-refractivity contribution in [1.82, 2.24) is 15.1 Å². The zero-order valence-corrected chi connectivity index (χ0v) is 18.6. The zero-order valence-electron chi connectivity index (χ0n) is 18.6. The molecule has 6 nitrogen and oxygen atoms in total. The van der Waals surface area contributed by atoms with E-state index in [1.165, 1.54) is 12.8 Å². The number of nitrogens with zero attached hydrogens (tertiary/aromatic N) is 2. The fourth-order valence-electron chi connectivity index (χ4n) is 5.77. The Morgan fingerprint density at radius 2 is 1.52 bits per heavy atom. The molecular formula is C25H35N3O3. The van der Waals surface area contributed by atoms with E-state index < -0.39 is 11.6 Å². The molecule has 1 N–H and O–H groups in total. The highest BCUT2D eigenvalue weighted by molar-refractivity contribution is 6.09. The molecule has 0 bridgehead atoms. The SMILES string of the molecule is CCC1(c2ccccc2)NC(=O)N(CC(=O)N(C2CCCCC2)C2CCCCC2)C1=O. The molecule has 3 fully saturated rings. The Bertz CT molecular complexity index is 781. The van der Waals surface area contributed by atoms with E-state index in [2.05, 4.69) is 10.2 Å². The summed E-state index contributed by atoms with van der Waals surface area (Å²) in [5.74, 6) is -0.381. The molecule has 1 aromatic rings. The summed E-state index contributed by atoms with van der Waals surface area (Å²) in [6.45, 7) is 1.74. The van der Waals surface area contributed by atoms with E-state index in [1.807, 2.05) is 37.3 Å². The molecule has 31 heavy (non-hydrogen) atoms. The van der Waals surface area contributed by atoms with E-state index in [0.29, 0.717) is 6.42 Å². The maximum atomic E-state index is 13.6. The van der Waals surface area contributed by atoms with Crippen molar-refractivity contribution in [3.05, 3.63) is 35.9 Å². The molecule has 1 heterocycles. The number of hydrogen-bond acceptors (Lipinski definition) is 3. The van der Waals surface area contributed by atoms with Crippen LogP contribution in [0, 0.1) is 0 Å². The van der Waals surface area contributed by atoms with Gasteiger partial charge in [0.1, 0.15) is 12.1 Å². The standard InChI is InChI=1S/C25H35N3O3/c1-2-25(19-12-6-3-7-13-19)23(30)27(24(31)26-25)18-22(29)28(20-14-8-4-9-15-20)21-16-10-5-11-17-21/h3,6-7,12-13,20-21H,2,4-5,8-11,14-18H2,1H3,(H,26,31). The van der Waals surface area contributed by atoms with E-state index in [9.17, 15) is 14.4 Å². The molecule has 4 amide bonds. The Morgan fingerprint density at radius 3 is 2.03 bits per heavy atom. The van der Waals surface area contributed by atoms with Gasteiger partial charge < -0.3 is 10.2 Å². The van der Waals surface area contributed by atoms with Crippen LogP contribution in [0.3, 0.4) is 0 Å².